The molecule has 5 heteroatoms. The molecule has 0 radical (unpaired) electrons. The van der Waals surface area contributed by atoms with Crippen molar-refractivity contribution in [1.29, 1.82) is 0 Å². The lowest BCUT2D eigenvalue weighted by Crippen LogP contribution is -2.17. The molecule has 4 nitrogen and oxygen atoms in total. The van der Waals surface area contributed by atoms with E-state index < -0.39 is 0 Å². The fourth-order valence-corrected chi connectivity index (χ4v) is 3.49. The maximum Gasteiger partial charge on any atom is 0.233 e. The zero-order chi connectivity index (χ0) is 13.2. The van der Waals surface area contributed by atoms with Crippen LogP contribution in [0.25, 0.3) is 0 Å². The number of nitrogens with one attached hydrogen (secondary N) is 1. The molecule has 1 aliphatic heterocycles. The van der Waals surface area contributed by atoms with E-state index in [1.165, 1.54) is 10.5 Å². The Labute approximate surface area is 117 Å². The first-order chi connectivity index (χ1) is 9.28. The third-order valence-corrected chi connectivity index (χ3v) is 4.56. The molecule has 0 aliphatic carbocycles. The first-order valence-corrected chi connectivity index (χ1v) is 7.47. The van der Waals surface area contributed by atoms with Gasteiger partial charge in [0.05, 0.1) is 11.3 Å². The lowest BCUT2D eigenvalue weighted by atomic mass is 10.1. The van der Waals surface area contributed by atoms with E-state index in [2.05, 4.69) is 46.7 Å². The van der Waals surface area contributed by atoms with Crippen LogP contribution in [0.5, 0.6) is 0 Å². The summed E-state index contributed by atoms with van der Waals surface area (Å²) in [7, 11) is 0. The van der Waals surface area contributed by atoms with Gasteiger partial charge in [-0.25, -0.2) is 0 Å². The van der Waals surface area contributed by atoms with E-state index in [0.29, 0.717) is 5.89 Å². The minimum Gasteiger partial charge on any atom is -0.422 e. The Morgan fingerprint density at radius 2 is 2.26 bits per heavy atom. The highest BCUT2D eigenvalue weighted by atomic mass is 32.2. The molecule has 0 saturated carbocycles. The molecule has 0 saturated heterocycles. The van der Waals surface area contributed by atoms with Crippen LogP contribution in [0.1, 0.15) is 42.5 Å². The number of fused-ring (bicyclic) bond motifs is 1. The van der Waals surface area contributed by atoms with Crippen molar-refractivity contribution in [3.8, 4) is 0 Å². The molecule has 2 unspecified atom stereocenters. The summed E-state index contributed by atoms with van der Waals surface area (Å²) in [5.74, 6) is 1.41. The van der Waals surface area contributed by atoms with Crippen LogP contribution in [-0.4, -0.2) is 16.7 Å². The molecule has 2 atom stereocenters. The van der Waals surface area contributed by atoms with Gasteiger partial charge in [-0.15, -0.1) is 22.0 Å². The minimum atomic E-state index is 0.111. The topological polar surface area (TPSA) is 51.0 Å². The van der Waals surface area contributed by atoms with Gasteiger partial charge in [-0.05, 0) is 31.5 Å². The van der Waals surface area contributed by atoms with Crippen molar-refractivity contribution in [3.63, 3.8) is 0 Å². The molecule has 100 valence electrons. The van der Waals surface area contributed by atoms with E-state index in [1.807, 2.05) is 18.7 Å². The molecule has 1 aliphatic rings. The number of thioether (sulfide) groups is 1. The molecule has 2 heterocycles. The Bertz CT molecular complexity index is 544. The van der Waals surface area contributed by atoms with Crippen LogP contribution in [0.3, 0.4) is 0 Å². The Kier molecular flexibility index (Phi) is 3.57. The van der Waals surface area contributed by atoms with Gasteiger partial charge in [0, 0.05) is 4.90 Å². The SMILES string of the molecule is CCNC(C)c1nnc(C2Cc3ccccc3S2)o1. The van der Waals surface area contributed by atoms with E-state index in [0.717, 1.165) is 18.9 Å². The van der Waals surface area contributed by atoms with E-state index in [9.17, 15) is 0 Å². The highest BCUT2D eigenvalue weighted by Gasteiger charge is 2.28. The quantitative estimate of drug-likeness (QED) is 0.929. The summed E-state index contributed by atoms with van der Waals surface area (Å²) < 4.78 is 5.81. The van der Waals surface area contributed by atoms with Crippen LogP contribution >= 0.6 is 11.8 Å². The second kappa shape index (κ2) is 5.35. The third-order valence-electron chi connectivity index (χ3n) is 3.26. The molecule has 0 fully saturated rings. The van der Waals surface area contributed by atoms with E-state index in [1.54, 1.807) is 0 Å². The van der Waals surface area contributed by atoms with Crippen LogP contribution < -0.4 is 5.32 Å². The van der Waals surface area contributed by atoms with Gasteiger partial charge in [0.15, 0.2) is 0 Å². The second-order valence-electron chi connectivity index (χ2n) is 4.68. The molecular weight excluding hydrogens is 258 g/mol. The summed E-state index contributed by atoms with van der Waals surface area (Å²) in [5, 5.41) is 11.9. The van der Waals surface area contributed by atoms with E-state index in [4.69, 9.17) is 4.42 Å². The number of nitrogens with zero attached hydrogens (tertiary/aromatic N) is 2. The van der Waals surface area contributed by atoms with Crippen molar-refractivity contribution in [1.82, 2.24) is 15.5 Å². The fraction of sp³-hybridized carbons (Fsp3) is 0.429. The van der Waals surface area contributed by atoms with Gasteiger partial charge >= 0.3 is 0 Å². The Morgan fingerprint density at radius 3 is 3.05 bits per heavy atom. The van der Waals surface area contributed by atoms with Crippen LogP contribution in [0, 0.1) is 0 Å². The highest BCUT2D eigenvalue weighted by molar-refractivity contribution is 7.99. The maximum absolute atomic E-state index is 5.81. The van der Waals surface area contributed by atoms with Gasteiger partial charge in [-0.1, -0.05) is 25.1 Å². The lowest BCUT2D eigenvalue weighted by molar-refractivity contribution is 0.395. The Morgan fingerprint density at radius 1 is 1.42 bits per heavy atom. The molecule has 1 aromatic heterocycles. The number of aromatic nitrogens is 2. The number of benzene rings is 1. The first-order valence-electron chi connectivity index (χ1n) is 6.59. The Hall–Kier alpha value is -1.33. The van der Waals surface area contributed by atoms with Gasteiger partial charge < -0.3 is 9.73 Å². The van der Waals surface area contributed by atoms with Crippen LogP contribution in [-0.2, 0) is 6.42 Å². The van der Waals surface area contributed by atoms with Crippen LogP contribution in [0.2, 0.25) is 0 Å². The third kappa shape index (κ3) is 2.53. The largest absolute Gasteiger partial charge is 0.422 e. The molecule has 2 aromatic rings. The molecule has 3 rings (SSSR count). The zero-order valence-corrected chi connectivity index (χ0v) is 11.9. The highest BCUT2D eigenvalue weighted by Crippen LogP contribution is 2.45. The predicted octanol–water partition coefficient (Wildman–Crippen LogP) is 3.13. The van der Waals surface area contributed by atoms with Crippen LogP contribution in [0.4, 0.5) is 0 Å². The van der Waals surface area contributed by atoms with Gasteiger partial charge in [0.2, 0.25) is 11.8 Å². The summed E-state index contributed by atoms with van der Waals surface area (Å²) >= 11 is 1.81. The first kappa shape index (κ1) is 12.7. The summed E-state index contributed by atoms with van der Waals surface area (Å²) in [6.07, 6.45) is 0.970. The second-order valence-corrected chi connectivity index (χ2v) is 5.92. The molecule has 1 N–H and O–H groups in total. The predicted molar refractivity (Wildman–Crippen MR) is 75.1 cm³/mol. The smallest absolute Gasteiger partial charge is 0.233 e. The summed E-state index contributed by atoms with van der Waals surface area (Å²) in [4.78, 5) is 1.33. The van der Waals surface area contributed by atoms with Crippen molar-refractivity contribution in [2.75, 3.05) is 6.54 Å². The standard InChI is InChI=1S/C14H17N3OS/c1-3-15-9(2)13-16-17-14(18-13)12-8-10-6-4-5-7-11(10)19-12/h4-7,9,12,15H,3,8H2,1-2H3. The summed E-state index contributed by atoms with van der Waals surface area (Å²) in [6, 6.07) is 8.58. The van der Waals surface area contributed by atoms with Crippen molar-refractivity contribution in [3.05, 3.63) is 41.6 Å². The average Bonchev–Trinajstić information content (AvgIpc) is 3.05. The molecule has 0 bridgehead atoms. The fourth-order valence-electron chi connectivity index (χ4n) is 2.26. The monoisotopic (exact) mass is 275 g/mol. The molecule has 0 amide bonds. The van der Waals surface area contributed by atoms with Crippen molar-refractivity contribution >= 4 is 11.8 Å². The normalized spacial score (nSPS) is 19.4. The van der Waals surface area contributed by atoms with Crippen molar-refractivity contribution < 1.29 is 4.42 Å². The van der Waals surface area contributed by atoms with Gasteiger partial charge in [-0.3, -0.25) is 0 Å². The summed E-state index contributed by atoms with van der Waals surface area (Å²) in [6.45, 7) is 5.00. The lowest BCUT2D eigenvalue weighted by Gasteiger charge is -2.06. The maximum atomic E-state index is 5.81. The summed E-state index contributed by atoms with van der Waals surface area (Å²) in [5.41, 5.74) is 1.37. The average molecular weight is 275 g/mol. The Balaban J connectivity index is 1.75. The van der Waals surface area contributed by atoms with E-state index >= 15 is 0 Å². The number of rotatable bonds is 4. The van der Waals surface area contributed by atoms with Crippen molar-refractivity contribution in [2.24, 2.45) is 0 Å². The number of hydrogen-bond acceptors (Lipinski definition) is 5. The zero-order valence-electron chi connectivity index (χ0n) is 11.1. The van der Waals surface area contributed by atoms with E-state index in [-0.39, 0.29) is 11.3 Å². The van der Waals surface area contributed by atoms with Crippen molar-refractivity contribution in [2.45, 2.75) is 36.5 Å². The molecule has 19 heavy (non-hydrogen) atoms. The number of hydrogen-bond donors (Lipinski definition) is 1. The van der Waals surface area contributed by atoms with Gasteiger partial charge in [-0.2, -0.15) is 0 Å². The van der Waals surface area contributed by atoms with Gasteiger partial charge in [0.25, 0.3) is 0 Å². The molecule has 1 aromatic carbocycles. The minimum absolute atomic E-state index is 0.111. The van der Waals surface area contributed by atoms with Gasteiger partial charge in [0.1, 0.15) is 0 Å². The molecule has 0 spiro atoms. The van der Waals surface area contributed by atoms with Crippen LogP contribution in [0.15, 0.2) is 33.6 Å². The molecular formula is C14H17N3OS.